The van der Waals surface area contributed by atoms with E-state index in [0.717, 1.165) is 24.3 Å². The molecule has 1 aromatic heterocycles. The van der Waals surface area contributed by atoms with Gasteiger partial charge in [-0.2, -0.15) is 5.26 Å². The number of rotatable bonds is 4. The second-order valence-electron chi connectivity index (χ2n) is 4.14. The maximum Gasteiger partial charge on any atom is 0.371 e. The molecule has 0 bridgehead atoms. The fraction of sp³-hybridized carbons (Fsp3) is 0.0769. The number of benzene rings is 1. The molecule has 21 heavy (non-hydrogen) atoms. The molecule has 0 unspecified atom stereocenters. The molecule has 0 aliphatic rings. The Labute approximate surface area is 119 Å². The number of hydrogen-bond donors (Lipinski definition) is 1. The van der Waals surface area contributed by atoms with Crippen molar-refractivity contribution in [1.29, 1.82) is 5.26 Å². The minimum Gasteiger partial charge on any atom is -0.475 e. The molecule has 0 saturated heterocycles. The molecule has 0 amide bonds. The van der Waals surface area contributed by atoms with Crippen LogP contribution in [0.25, 0.3) is 0 Å². The van der Waals surface area contributed by atoms with Crippen molar-refractivity contribution in [3.63, 3.8) is 0 Å². The van der Waals surface area contributed by atoms with Crippen LogP contribution in [0.3, 0.4) is 0 Å². The number of sulfone groups is 1. The van der Waals surface area contributed by atoms with E-state index in [4.69, 9.17) is 14.8 Å². The number of carboxylic acid groups (broad SMARTS) is 1. The number of carboxylic acids is 1. The molecule has 2 rings (SSSR count). The van der Waals surface area contributed by atoms with E-state index in [2.05, 4.69) is 0 Å². The minimum atomic E-state index is -3.97. The van der Waals surface area contributed by atoms with E-state index in [-0.39, 0.29) is 11.1 Å². The lowest BCUT2D eigenvalue weighted by molar-refractivity contribution is 0.0656. The second kappa shape index (κ2) is 5.38. The van der Waals surface area contributed by atoms with Crippen LogP contribution in [0.15, 0.2) is 39.8 Å². The number of aromatic carboxylic acids is 1. The lowest BCUT2D eigenvalue weighted by atomic mass is 10.1. The van der Waals surface area contributed by atoms with Crippen LogP contribution in [0.2, 0.25) is 0 Å². The minimum absolute atomic E-state index is 0.00845. The van der Waals surface area contributed by atoms with Crippen LogP contribution in [0.1, 0.15) is 21.7 Å². The summed E-state index contributed by atoms with van der Waals surface area (Å²) in [5.41, 5.74) is 0.0608. The van der Waals surface area contributed by atoms with Crippen molar-refractivity contribution in [2.24, 2.45) is 0 Å². The van der Waals surface area contributed by atoms with E-state index < -0.39 is 38.2 Å². The Kier molecular flexibility index (Phi) is 3.78. The molecule has 108 valence electrons. The zero-order valence-corrected chi connectivity index (χ0v) is 11.2. The van der Waals surface area contributed by atoms with Gasteiger partial charge in [0.25, 0.3) is 0 Å². The molecule has 0 aliphatic heterocycles. The predicted molar refractivity (Wildman–Crippen MR) is 67.7 cm³/mol. The summed E-state index contributed by atoms with van der Waals surface area (Å²) in [4.78, 5) is 10.7. The standard InChI is InChI=1S/C13H8FNO5S/c14-10-4-8(6-15)3-9(5-10)7-21(18,19)12-2-1-11(20-12)13(16)17/h1-5H,7H2,(H,16,17). The molecule has 2 aromatic rings. The quantitative estimate of drug-likeness (QED) is 0.924. The Bertz CT molecular complexity index is 848. The van der Waals surface area contributed by atoms with Gasteiger partial charge in [-0.3, -0.25) is 0 Å². The number of furan rings is 1. The van der Waals surface area contributed by atoms with Gasteiger partial charge in [-0.25, -0.2) is 17.6 Å². The average Bonchev–Trinajstić information content (AvgIpc) is 2.87. The SMILES string of the molecule is N#Cc1cc(F)cc(CS(=O)(=O)c2ccc(C(=O)O)o2)c1. The van der Waals surface area contributed by atoms with Crippen molar-refractivity contribution in [1.82, 2.24) is 0 Å². The Morgan fingerprint density at radius 1 is 1.33 bits per heavy atom. The van der Waals surface area contributed by atoms with Crippen LogP contribution in [0, 0.1) is 17.1 Å². The third-order valence-electron chi connectivity index (χ3n) is 2.54. The highest BCUT2D eigenvalue weighted by molar-refractivity contribution is 7.90. The molecule has 0 spiro atoms. The monoisotopic (exact) mass is 309 g/mol. The molecule has 1 aromatic carbocycles. The van der Waals surface area contributed by atoms with Crippen LogP contribution < -0.4 is 0 Å². The molecule has 0 atom stereocenters. The van der Waals surface area contributed by atoms with Gasteiger partial charge in [-0.1, -0.05) is 0 Å². The first-order valence-corrected chi connectivity index (χ1v) is 7.22. The maximum atomic E-state index is 13.3. The fourth-order valence-corrected chi connectivity index (χ4v) is 2.93. The molecular weight excluding hydrogens is 301 g/mol. The summed E-state index contributed by atoms with van der Waals surface area (Å²) >= 11 is 0. The van der Waals surface area contributed by atoms with Gasteiger partial charge in [-0.05, 0) is 35.9 Å². The van der Waals surface area contributed by atoms with Crippen molar-refractivity contribution < 1.29 is 27.1 Å². The van der Waals surface area contributed by atoms with E-state index in [9.17, 15) is 17.6 Å². The fourth-order valence-electron chi connectivity index (χ4n) is 1.69. The number of nitriles is 1. The Morgan fingerprint density at radius 2 is 2.05 bits per heavy atom. The van der Waals surface area contributed by atoms with Gasteiger partial charge in [0.05, 0.1) is 17.4 Å². The summed E-state index contributed by atoms with van der Waals surface area (Å²) in [6, 6.07) is 6.95. The van der Waals surface area contributed by atoms with Crippen LogP contribution in [-0.2, 0) is 15.6 Å². The van der Waals surface area contributed by atoms with Crippen molar-refractivity contribution in [3.05, 3.63) is 53.0 Å². The normalized spacial score (nSPS) is 11.0. The topological polar surface area (TPSA) is 108 Å². The summed E-state index contributed by atoms with van der Waals surface area (Å²) in [5, 5.41) is 16.9. The molecule has 8 heteroatoms. The van der Waals surface area contributed by atoms with E-state index >= 15 is 0 Å². The van der Waals surface area contributed by atoms with E-state index in [1.807, 2.05) is 0 Å². The van der Waals surface area contributed by atoms with E-state index in [1.165, 1.54) is 6.07 Å². The van der Waals surface area contributed by atoms with E-state index in [0.29, 0.717) is 0 Å². The molecule has 1 heterocycles. The number of hydrogen-bond acceptors (Lipinski definition) is 5. The number of nitrogens with zero attached hydrogens (tertiary/aromatic N) is 1. The maximum absolute atomic E-state index is 13.3. The summed E-state index contributed by atoms with van der Waals surface area (Å²) in [6.45, 7) is 0. The molecule has 1 N–H and O–H groups in total. The summed E-state index contributed by atoms with van der Waals surface area (Å²) < 4.78 is 42.1. The van der Waals surface area contributed by atoms with Gasteiger partial charge in [0.15, 0.2) is 0 Å². The molecule has 0 fully saturated rings. The van der Waals surface area contributed by atoms with Crippen molar-refractivity contribution >= 4 is 15.8 Å². The summed E-state index contributed by atoms with van der Waals surface area (Å²) in [5.74, 6) is -3.24. The number of halogens is 1. The summed E-state index contributed by atoms with van der Waals surface area (Å²) in [7, 11) is -3.97. The zero-order chi connectivity index (χ0) is 15.6. The second-order valence-corrected chi connectivity index (χ2v) is 6.06. The van der Waals surface area contributed by atoms with Crippen molar-refractivity contribution in [3.8, 4) is 6.07 Å². The first-order valence-electron chi connectivity index (χ1n) is 5.57. The van der Waals surface area contributed by atoms with Gasteiger partial charge in [0.2, 0.25) is 20.7 Å². The molecule has 0 aliphatic carbocycles. The highest BCUT2D eigenvalue weighted by atomic mass is 32.2. The third kappa shape index (κ3) is 3.27. The Hall–Kier alpha value is -2.66. The van der Waals surface area contributed by atoms with Gasteiger partial charge in [0.1, 0.15) is 5.82 Å². The van der Waals surface area contributed by atoms with Gasteiger partial charge < -0.3 is 9.52 Å². The van der Waals surface area contributed by atoms with Crippen molar-refractivity contribution in [2.45, 2.75) is 10.8 Å². The van der Waals surface area contributed by atoms with Crippen LogP contribution >= 0.6 is 0 Å². The Morgan fingerprint density at radius 3 is 2.62 bits per heavy atom. The molecular formula is C13H8FNO5S. The van der Waals surface area contributed by atoms with Gasteiger partial charge in [0, 0.05) is 0 Å². The van der Waals surface area contributed by atoms with Gasteiger partial charge >= 0.3 is 5.97 Å². The predicted octanol–water partition coefficient (Wildman–Crippen LogP) is 1.96. The highest BCUT2D eigenvalue weighted by Gasteiger charge is 2.22. The van der Waals surface area contributed by atoms with E-state index in [1.54, 1.807) is 6.07 Å². The average molecular weight is 309 g/mol. The van der Waals surface area contributed by atoms with Crippen LogP contribution in [0.4, 0.5) is 4.39 Å². The smallest absolute Gasteiger partial charge is 0.371 e. The Balaban J connectivity index is 2.35. The lowest BCUT2D eigenvalue weighted by Crippen LogP contribution is -2.05. The first-order chi connectivity index (χ1) is 9.81. The zero-order valence-electron chi connectivity index (χ0n) is 10.4. The third-order valence-corrected chi connectivity index (χ3v) is 4.09. The highest BCUT2D eigenvalue weighted by Crippen LogP contribution is 2.20. The molecule has 0 saturated carbocycles. The van der Waals surface area contributed by atoms with Crippen molar-refractivity contribution in [2.75, 3.05) is 0 Å². The number of carbonyl (C=O) groups is 1. The molecule has 6 nitrogen and oxygen atoms in total. The van der Waals surface area contributed by atoms with Gasteiger partial charge in [-0.15, -0.1) is 0 Å². The van der Waals surface area contributed by atoms with Crippen LogP contribution in [0.5, 0.6) is 0 Å². The molecule has 0 radical (unpaired) electrons. The first kappa shape index (κ1) is 14.7. The summed E-state index contributed by atoms with van der Waals surface area (Å²) in [6.07, 6.45) is 0. The largest absolute Gasteiger partial charge is 0.475 e. The van der Waals surface area contributed by atoms with Crippen LogP contribution in [-0.4, -0.2) is 19.5 Å². The lowest BCUT2D eigenvalue weighted by Gasteiger charge is -2.03.